The number of rotatable bonds is 10. The normalized spacial score (nSPS) is 14.2. The van der Waals surface area contributed by atoms with Gasteiger partial charge in [0, 0.05) is 6.20 Å². The molecule has 0 fully saturated rings. The number of carbonyl (C=O) groups is 1. The highest BCUT2D eigenvalue weighted by Gasteiger charge is 2.37. The van der Waals surface area contributed by atoms with E-state index in [1.807, 2.05) is 6.92 Å². The highest BCUT2D eigenvalue weighted by atomic mass is 35.5. The van der Waals surface area contributed by atoms with Gasteiger partial charge in [0.25, 0.3) is 0 Å². The van der Waals surface area contributed by atoms with Crippen LogP contribution in [0.4, 0.5) is 0 Å². The highest BCUT2D eigenvalue weighted by Crippen LogP contribution is 2.36. The Labute approximate surface area is 204 Å². The molecule has 184 valence electrons. The summed E-state index contributed by atoms with van der Waals surface area (Å²) in [5, 5.41) is 14.8. The monoisotopic (exact) mass is 507 g/mol. The van der Waals surface area contributed by atoms with Crippen molar-refractivity contribution in [3.63, 3.8) is 0 Å². The van der Waals surface area contributed by atoms with Crippen LogP contribution < -0.4 is 4.74 Å². The molecule has 34 heavy (non-hydrogen) atoms. The molecule has 3 rings (SSSR count). The van der Waals surface area contributed by atoms with E-state index in [0.717, 1.165) is 0 Å². The van der Waals surface area contributed by atoms with Crippen LogP contribution in [0.25, 0.3) is 16.9 Å². The summed E-state index contributed by atoms with van der Waals surface area (Å²) in [5.41, 5.74) is 0.381. The fourth-order valence-electron chi connectivity index (χ4n) is 2.74. The summed E-state index contributed by atoms with van der Waals surface area (Å²) in [6, 6.07) is 3.39. The van der Waals surface area contributed by atoms with Crippen LogP contribution in [-0.4, -0.2) is 69.5 Å². The topological polar surface area (TPSA) is 121 Å². The maximum atomic E-state index is 11.9. The van der Waals surface area contributed by atoms with Gasteiger partial charge in [-0.25, -0.2) is 19.7 Å². The molecule has 1 N–H and O–H groups in total. The quantitative estimate of drug-likeness (QED) is 0.403. The molecule has 0 aliphatic carbocycles. The Morgan fingerprint density at radius 1 is 1.24 bits per heavy atom. The predicted molar refractivity (Wildman–Crippen MR) is 130 cm³/mol. The zero-order valence-electron chi connectivity index (χ0n) is 20.1. The second kappa shape index (κ2) is 10.3. The van der Waals surface area contributed by atoms with Gasteiger partial charge in [-0.3, -0.25) is 0 Å². The van der Waals surface area contributed by atoms with E-state index in [1.165, 1.54) is 17.2 Å². The number of pyridine rings is 1. The molecule has 0 aliphatic rings. The van der Waals surface area contributed by atoms with Gasteiger partial charge in [-0.05, 0) is 37.2 Å². The fourth-order valence-corrected chi connectivity index (χ4v) is 4.02. The molecule has 0 aromatic carbocycles. The molecule has 0 saturated carbocycles. The van der Waals surface area contributed by atoms with Gasteiger partial charge in [-0.1, -0.05) is 32.4 Å². The molecule has 3 aromatic rings. The first-order chi connectivity index (χ1) is 15.9. The lowest BCUT2D eigenvalue weighted by Gasteiger charge is -2.37. The van der Waals surface area contributed by atoms with Gasteiger partial charge in [0.15, 0.2) is 19.8 Å². The number of hydrogen-bond acceptors (Lipinski definition) is 8. The number of aliphatic carboxylic acids is 1. The Morgan fingerprint density at radius 3 is 2.62 bits per heavy atom. The van der Waals surface area contributed by atoms with Crippen molar-refractivity contribution >= 4 is 36.9 Å². The summed E-state index contributed by atoms with van der Waals surface area (Å²) in [4.78, 5) is 24.4. The number of ether oxygens (including phenoxy) is 2. The van der Waals surface area contributed by atoms with E-state index in [9.17, 15) is 9.90 Å². The first-order valence-electron chi connectivity index (χ1n) is 10.9. The van der Waals surface area contributed by atoms with Crippen molar-refractivity contribution in [2.45, 2.75) is 58.0 Å². The Bertz CT molecular complexity index is 1150. The second-order valence-corrected chi connectivity index (χ2v) is 14.7. The van der Waals surface area contributed by atoms with E-state index in [2.05, 4.69) is 53.9 Å². The van der Waals surface area contributed by atoms with Crippen LogP contribution in [0.3, 0.4) is 0 Å². The number of aromatic nitrogens is 5. The Hall–Kier alpha value is -2.60. The summed E-state index contributed by atoms with van der Waals surface area (Å²) < 4.78 is 19.1. The summed E-state index contributed by atoms with van der Waals surface area (Å²) in [7, 11) is -1.94. The molecule has 12 heteroatoms. The maximum absolute atomic E-state index is 11.9. The molecular weight excluding hydrogens is 478 g/mol. The SMILES string of the molecule is CC(CO[Si](C)(C)C(C)(C)C)OCC(Oc1ncnc2c1cnn2-c1ncccc1Cl)C(=O)O. The van der Waals surface area contributed by atoms with Crippen molar-refractivity contribution in [3.8, 4) is 11.7 Å². The van der Waals surface area contributed by atoms with Crippen LogP contribution in [0, 0.1) is 0 Å². The van der Waals surface area contributed by atoms with Crippen molar-refractivity contribution in [2.75, 3.05) is 13.2 Å². The van der Waals surface area contributed by atoms with Gasteiger partial charge in [0.2, 0.25) is 12.0 Å². The van der Waals surface area contributed by atoms with Crippen LogP contribution in [0.15, 0.2) is 30.9 Å². The number of nitrogens with zero attached hydrogens (tertiary/aromatic N) is 5. The summed E-state index contributed by atoms with van der Waals surface area (Å²) in [5.74, 6) is -0.716. The molecule has 0 spiro atoms. The van der Waals surface area contributed by atoms with Gasteiger partial charge in [-0.15, -0.1) is 0 Å². The molecule has 2 unspecified atom stereocenters. The van der Waals surface area contributed by atoms with Crippen molar-refractivity contribution < 1.29 is 23.8 Å². The molecule has 3 heterocycles. The minimum atomic E-state index is -1.94. The van der Waals surface area contributed by atoms with Crippen molar-refractivity contribution in [2.24, 2.45) is 0 Å². The van der Waals surface area contributed by atoms with E-state index in [4.69, 9.17) is 25.5 Å². The van der Waals surface area contributed by atoms with Crippen LogP contribution >= 0.6 is 11.6 Å². The van der Waals surface area contributed by atoms with E-state index in [1.54, 1.807) is 18.3 Å². The van der Waals surface area contributed by atoms with E-state index >= 15 is 0 Å². The first-order valence-corrected chi connectivity index (χ1v) is 14.1. The average Bonchev–Trinajstić information content (AvgIpc) is 3.19. The van der Waals surface area contributed by atoms with E-state index in [-0.39, 0.29) is 23.6 Å². The minimum Gasteiger partial charge on any atom is -0.478 e. The van der Waals surface area contributed by atoms with Crippen LogP contribution in [0.1, 0.15) is 27.7 Å². The van der Waals surface area contributed by atoms with Crippen LogP contribution in [0.2, 0.25) is 23.2 Å². The zero-order valence-corrected chi connectivity index (χ0v) is 21.9. The van der Waals surface area contributed by atoms with Crippen LogP contribution in [0.5, 0.6) is 5.88 Å². The van der Waals surface area contributed by atoms with Gasteiger partial charge >= 0.3 is 5.97 Å². The van der Waals surface area contributed by atoms with E-state index in [0.29, 0.717) is 28.5 Å². The maximum Gasteiger partial charge on any atom is 0.347 e. The zero-order chi connectivity index (χ0) is 25.1. The molecule has 10 nitrogen and oxygen atoms in total. The predicted octanol–water partition coefficient (Wildman–Crippen LogP) is 4.12. The summed E-state index contributed by atoms with van der Waals surface area (Å²) in [6.45, 7) is 12.8. The molecule has 0 saturated heterocycles. The summed E-state index contributed by atoms with van der Waals surface area (Å²) in [6.07, 6.45) is 2.74. The molecular formula is C22H30ClN5O5Si. The molecule has 0 radical (unpaired) electrons. The Kier molecular flexibility index (Phi) is 7.91. The number of carboxylic acid groups (broad SMARTS) is 1. The third-order valence-electron chi connectivity index (χ3n) is 5.82. The standard InChI is InChI=1S/C22H30ClN5O5Si/c1-14(11-32-34(5,6)22(2,3)4)31-12-17(21(29)30)33-20-15-10-27-28(18(15)25-13-26-20)19-16(23)8-7-9-24-19/h7-10,13-14,17H,11-12H2,1-6H3,(H,29,30). The van der Waals surface area contributed by atoms with Gasteiger partial charge in [0.05, 0.1) is 30.5 Å². The Balaban J connectivity index is 1.71. The molecule has 0 bridgehead atoms. The van der Waals surface area contributed by atoms with E-state index < -0.39 is 20.4 Å². The second-order valence-electron chi connectivity index (χ2n) is 9.44. The Morgan fingerprint density at radius 2 is 1.97 bits per heavy atom. The van der Waals surface area contributed by atoms with Gasteiger partial charge < -0.3 is 19.0 Å². The van der Waals surface area contributed by atoms with Crippen LogP contribution in [-0.2, 0) is 14.0 Å². The summed E-state index contributed by atoms with van der Waals surface area (Å²) >= 11 is 6.23. The number of hydrogen-bond donors (Lipinski definition) is 1. The van der Waals surface area contributed by atoms with Gasteiger partial charge in [0.1, 0.15) is 11.7 Å². The number of halogens is 1. The molecule has 0 amide bonds. The van der Waals surface area contributed by atoms with Crippen molar-refractivity contribution in [1.29, 1.82) is 0 Å². The molecule has 2 atom stereocenters. The molecule has 3 aromatic heterocycles. The average molecular weight is 508 g/mol. The molecule has 0 aliphatic heterocycles. The van der Waals surface area contributed by atoms with Gasteiger partial charge in [-0.2, -0.15) is 9.78 Å². The number of fused-ring (bicyclic) bond motifs is 1. The van der Waals surface area contributed by atoms with Crippen molar-refractivity contribution in [3.05, 3.63) is 35.9 Å². The fraction of sp³-hybridized carbons (Fsp3) is 0.500. The third-order valence-corrected chi connectivity index (χ3v) is 10.6. The number of carboxylic acids is 1. The van der Waals surface area contributed by atoms with Crippen molar-refractivity contribution in [1.82, 2.24) is 24.7 Å². The lowest BCUT2D eigenvalue weighted by molar-refractivity contribution is -0.149. The lowest BCUT2D eigenvalue weighted by atomic mass is 10.2. The largest absolute Gasteiger partial charge is 0.478 e. The highest BCUT2D eigenvalue weighted by molar-refractivity contribution is 6.74. The lowest BCUT2D eigenvalue weighted by Crippen LogP contribution is -2.43. The smallest absolute Gasteiger partial charge is 0.347 e. The third kappa shape index (κ3) is 5.90. The minimum absolute atomic E-state index is 0.0712. The first kappa shape index (κ1) is 26.0.